The molecular weight excluding hydrogens is 246 g/mol. The van der Waals surface area contributed by atoms with E-state index in [0.29, 0.717) is 12.1 Å². The van der Waals surface area contributed by atoms with Crippen LogP contribution in [-0.4, -0.2) is 22.4 Å². The van der Waals surface area contributed by atoms with E-state index >= 15 is 0 Å². The fourth-order valence-electron chi connectivity index (χ4n) is 3.30. The van der Waals surface area contributed by atoms with E-state index in [4.69, 9.17) is 0 Å². The third kappa shape index (κ3) is 4.34. The highest BCUT2D eigenvalue weighted by atomic mass is 15.3. The summed E-state index contributed by atoms with van der Waals surface area (Å²) in [7, 11) is 0. The molecule has 1 aliphatic rings. The summed E-state index contributed by atoms with van der Waals surface area (Å²) in [6.07, 6.45) is 11.4. The van der Waals surface area contributed by atoms with Gasteiger partial charge in [0.2, 0.25) is 0 Å². The summed E-state index contributed by atoms with van der Waals surface area (Å²) >= 11 is 0. The molecule has 1 saturated carbocycles. The van der Waals surface area contributed by atoms with Crippen molar-refractivity contribution in [3.8, 4) is 0 Å². The Labute approximate surface area is 124 Å². The number of aromatic nitrogens is 2. The average molecular weight is 277 g/mol. The second-order valence-corrected chi connectivity index (χ2v) is 6.52. The van der Waals surface area contributed by atoms with Crippen LogP contribution >= 0.6 is 0 Å². The first-order valence-electron chi connectivity index (χ1n) is 8.48. The minimum Gasteiger partial charge on any atom is -0.314 e. The van der Waals surface area contributed by atoms with E-state index in [1.165, 1.54) is 44.2 Å². The largest absolute Gasteiger partial charge is 0.314 e. The van der Waals surface area contributed by atoms with Crippen molar-refractivity contribution in [2.45, 2.75) is 77.8 Å². The number of rotatable bonds is 8. The molecule has 1 N–H and O–H groups in total. The van der Waals surface area contributed by atoms with Crippen molar-refractivity contribution in [1.82, 2.24) is 15.1 Å². The molecule has 1 atom stereocenters. The Morgan fingerprint density at radius 1 is 1.35 bits per heavy atom. The van der Waals surface area contributed by atoms with Gasteiger partial charge in [0.05, 0.1) is 5.69 Å². The van der Waals surface area contributed by atoms with Crippen molar-refractivity contribution in [3.63, 3.8) is 0 Å². The maximum Gasteiger partial charge on any atom is 0.0625 e. The first kappa shape index (κ1) is 15.6. The summed E-state index contributed by atoms with van der Waals surface area (Å²) in [5.41, 5.74) is 1.25. The monoisotopic (exact) mass is 277 g/mol. The van der Waals surface area contributed by atoms with Crippen LogP contribution in [0.25, 0.3) is 0 Å². The van der Waals surface area contributed by atoms with Crippen molar-refractivity contribution in [3.05, 3.63) is 18.0 Å². The van der Waals surface area contributed by atoms with Gasteiger partial charge in [-0.3, -0.25) is 4.68 Å². The molecule has 1 aliphatic carbocycles. The zero-order valence-corrected chi connectivity index (χ0v) is 13.4. The van der Waals surface area contributed by atoms with Crippen LogP contribution in [0.4, 0.5) is 0 Å². The topological polar surface area (TPSA) is 29.9 Å². The van der Waals surface area contributed by atoms with E-state index in [1.807, 2.05) is 0 Å². The summed E-state index contributed by atoms with van der Waals surface area (Å²) < 4.78 is 2.07. The van der Waals surface area contributed by atoms with Gasteiger partial charge in [0, 0.05) is 18.3 Å². The molecule has 3 nitrogen and oxygen atoms in total. The molecule has 0 radical (unpaired) electrons. The van der Waals surface area contributed by atoms with Crippen LogP contribution in [0.2, 0.25) is 0 Å². The molecule has 3 heteroatoms. The van der Waals surface area contributed by atoms with Crippen LogP contribution in [0.3, 0.4) is 0 Å². The van der Waals surface area contributed by atoms with Gasteiger partial charge >= 0.3 is 0 Å². The normalized spacial score (nSPS) is 18.0. The molecule has 114 valence electrons. The summed E-state index contributed by atoms with van der Waals surface area (Å²) in [5.74, 6) is 0.897. The maximum atomic E-state index is 4.68. The van der Waals surface area contributed by atoms with Crippen LogP contribution in [0.15, 0.2) is 12.3 Å². The zero-order valence-electron chi connectivity index (χ0n) is 13.4. The van der Waals surface area contributed by atoms with Gasteiger partial charge in [0.15, 0.2) is 0 Å². The fourth-order valence-corrected chi connectivity index (χ4v) is 3.30. The highest BCUT2D eigenvalue weighted by Crippen LogP contribution is 2.29. The Morgan fingerprint density at radius 3 is 2.70 bits per heavy atom. The summed E-state index contributed by atoms with van der Waals surface area (Å²) in [5, 5.41) is 8.45. The van der Waals surface area contributed by atoms with Gasteiger partial charge in [-0.25, -0.2) is 0 Å². The molecule has 1 aromatic heterocycles. The summed E-state index contributed by atoms with van der Waals surface area (Å²) in [6, 6.07) is 3.35. The van der Waals surface area contributed by atoms with Gasteiger partial charge in [-0.05, 0) is 64.5 Å². The van der Waals surface area contributed by atoms with Crippen molar-refractivity contribution >= 4 is 0 Å². The second kappa shape index (κ2) is 7.82. The van der Waals surface area contributed by atoms with Crippen molar-refractivity contribution in [1.29, 1.82) is 0 Å². The Morgan fingerprint density at radius 2 is 2.10 bits per heavy atom. The smallest absolute Gasteiger partial charge is 0.0625 e. The molecule has 1 fully saturated rings. The van der Waals surface area contributed by atoms with Crippen LogP contribution in [0.1, 0.15) is 71.0 Å². The highest BCUT2D eigenvalue weighted by molar-refractivity contribution is 5.00. The third-order valence-electron chi connectivity index (χ3n) is 4.53. The quantitative estimate of drug-likeness (QED) is 0.779. The Balaban J connectivity index is 1.86. The van der Waals surface area contributed by atoms with Gasteiger partial charge in [-0.2, -0.15) is 5.10 Å². The lowest BCUT2D eigenvalue weighted by Crippen LogP contribution is -2.36. The van der Waals surface area contributed by atoms with Crippen molar-refractivity contribution in [2.24, 2.45) is 5.92 Å². The standard InChI is InChI=1S/C17H31N3/c1-4-12-18-17(15-7-5-6-8-15)10-9-16-11-13-20(19-16)14(2)3/h11,13-15,17-18H,4-10,12H2,1-3H3. The van der Waals surface area contributed by atoms with E-state index in [9.17, 15) is 0 Å². The Hall–Kier alpha value is -0.830. The summed E-state index contributed by atoms with van der Waals surface area (Å²) in [4.78, 5) is 0. The number of hydrogen-bond donors (Lipinski definition) is 1. The number of nitrogens with one attached hydrogen (secondary N) is 1. The van der Waals surface area contributed by atoms with Gasteiger partial charge in [0.25, 0.3) is 0 Å². The molecule has 0 amide bonds. The van der Waals surface area contributed by atoms with Crippen molar-refractivity contribution in [2.75, 3.05) is 6.54 Å². The van der Waals surface area contributed by atoms with E-state index in [-0.39, 0.29) is 0 Å². The Bertz CT molecular complexity index is 377. The second-order valence-electron chi connectivity index (χ2n) is 6.52. The Kier molecular flexibility index (Phi) is 6.08. The minimum atomic E-state index is 0.465. The lowest BCUT2D eigenvalue weighted by Gasteiger charge is -2.24. The van der Waals surface area contributed by atoms with E-state index in [1.54, 1.807) is 0 Å². The van der Waals surface area contributed by atoms with E-state index in [2.05, 4.69) is 48.1 Å². The SMILES string of the molecule is CCCNC(CCc1ccn(C(C)C)n1)C1CCCC1. The van der Waals surface area contributed by atoms with Gasteiger partial charge in [-0.1, -0.05) is 19.8 Å². The maximum absolute atomic E-state index is 4.68. The number of aryl methyl sites for hydroxylation is 1. The molecule has 0 aromatic carbocycles. The molecule has 0 aliphatic heterocycles. The van der Waals surface area contributed by atoms with Crippen molar-refractivity contribution < 1.29 is 0 Å². The fraction of sp³-hybridized carbons (Fsp3) is 0.824. The lowest BCUT2D eigenvalue weighted by molar-refractivity contribution is 0.339. The minimum absolute atomic E-state index is 0.465. The molecule has 1 aromatic rings. The molecule has 0 saturated heterocycles. The lowest BCUT2D eigenvalue weighted by atomic mass is 9.93. The average Bonchev–Trinajstić information content (AvgIpc) is 3.10. The molecule has 20 heavy (non-hydrogen) atoms. The predicted octanol–water partition coefficient (Wildman–Crippen LogP) is 3.96. The van der Waals surface area contributed by atoms with Crippen LogP contribution in [0.5, 0.6) is 0 Å². The molecule has 1 heterocycles. The molecule has 0 bridgehead atoms. The molecule has 1 unspecified atom stereocenters. The summed E-state index contributed by atoms with van der Waals surface area (Å²) in [6.45, 7) is 7.77. The van der Waals surface area contributed by atoms with E-state index < -0.39 is 0 Å². The van der Waals surface area contributed by atoms with Crippen LogP contribution < -0.4 is 5.32 Å². The van der Waals surface area contributed by atoms with Gasteiger partial charge < -0.3 is 5.32 Å². The van der Waals surface area contributed by atoms with Crippen LogP contribution in [0, 0.1) is 5.92 Å². The number of nitrogens with zero attached hydrogens (tertiary/aromatic N) is 2. The van der Waals surface area contributed by atoms with Gasteiger partial charge in [-0.15, -0.1) is 0 Å². The molecular formula is C17H31N3. The predicted molar refractivity (Wildman–Crippen MR) is 85.0 cm³/mol. The first-order valence-corrected chi connectivity index (χ1v) is 8.48. The number of hydrogen-bond acceptors (Lipinski definition) is 2. The zero-order chi connectivity index (χ0) is 14.4. The molecule has 2 rings (SSSR count). The molecule has 0 spiro atoms. The van der Waals surface area contributed by atoms with Crippen LogP contribution in [-0.2, 0) is 6.42 Å². The van der Waals surface area contributed by atoms with Gasteiger partial charge in [0.1, 0.15) is 0 Å². The highest BCUT2D eigenvalue weighted by Gasteiger charge is 2.24. The third-order valence-corrected chi connectivity index (χ3v) is 4.53. The first-order chi connectivity index (χ1) is 9.70. The van der Waals surface area contributed by atoms with E-state index in [0.717, 1.165) is 18.9 Å².